The van der Waals surface area contributed by atoms with Crippen LogP contribution in [0.15, 0.2) is 42.0 Å². The minimum Gasteiger partial charge on any atom is -0.398 e. The van der Waals surface area contributed by atoms with Gasteiger partial charge < -0.3 is 5.72 Å². The van der Waals surface area contributed by atoms with Crippen molar-refractivity contribution in [3.63, 3.8) is 0 Å². The third-order valence-electron chi connectivity index (χ3n) is 6.66. The molecule has 0 amide bonds. The molecule has 3 fully saturated rings. The van der Waals surface area contributed by atoms with E-state index < -0.39 is 0 Å². The summed E-state index contributed by atoms with van der Waals surface area (Å²) in [7, 11) is 0. The average Bonchev–Trinajstić information content (AvgIpc) is 2.50. The van der Waals surface area contributed by atoms with Gasteiger partial charge in [0.15, 0.2) is 2.82 Å². The van der Waals surface area contributed by atoms with Gasteiger partial charge in [-0.15, -0.1) is 0 Å². The van der Waals surface area contributed by atoms with Crippen molar-refractivity contribution in [1.29, 1.82) is 0 Å². The largest absolute Gasteiger partial charge is 0.398 e. The quantitative estimate of drug-likeness (QED) is 0.767. The molecule has 5 rings (SSSR count). The van der Waals surface area contributed by atoms with E-state index in [0.29, 0.717) is 11.4 Å². The van der Waals surface area contributed by atoms with E-state index >= 15 is 0 Å². The summed E-state index contributed by atoms with van der Waals surface area (Å²) in [5.41, 5.74) is 6.61. The highest BCUT2D eigenvalue weighted by Crippen LogP contribution is 2.78. The molecular weight excluding hydrogens is 254 g/mol. The Morgan fingerprint density at radius 3 is 2.67 bits per heavy atom. The highest BCUT2D eigenvalue weighted by molar-refractivity contribution is 5.95. The number of anilines is 1. The molecule has 2 unspecified atom stereocenters. The van der Waals surface area contributed by atoms with Gasteiger partial charge in [-0.1, -0.05) is 29.8 Å². The molecule has 2 aromatic carbocycles. The van der Waals surface area contributed by atoms with Crippen LogP contribution in [0.3, 0.4) is 0 Å². The molecule has 0 aromatic heterocycles. The second-order valence-electron chi connectivity index (χ2n) is 7.21. The Balaban J connectivity index is 1.59. The average molecular weight is 277 g/mol. The molecule has 21 heavy (non-hydrogen) atoms. The first-order valence-corrected chi connectivity index (χ1v) is 8.13. The first-order chi connectivity index (χ1) is 11.1. The maximum Gasteiger partial charge on any atom is 0.156 e. The summed E-state index contributed by atoms with van der Waals surface area (Å²) in [5.74, 6) is 1.75. The van der Waals surface area contributed by atoms with Crippen molar-refractivity contribution >= 4 is 22.0 Å². The molecule has 1 heteroatoms. The molecule has 2 aromatic rings. The van der Waals surface area contributed by atoms with Gasteiger partial charge in [0.2, 0.25) is 0 Å². The van der Waals surface area contributed by atoms with Crippen molar-refractivity contribution in [3.05, 3.63) is 47.5 Å². The highest BCUT2D eigenvalue weighted by atomic mass is 14.7. The topological polar surface area (TPSA) is 26.0 Å². The number of benzene rings is 2. The summed E-state index contributed by atoms with van der Waals surface area (Å²) < 4.78 is 15.1. The molecule has 0 aliphatic heterocycles. The Labute approximate surface area is 128 Å². The van der Waals surface area contributed by atoms with Gasteiger partial charge in [0.1, 0.15) is 0 Å². The summed E-state index contributed by atoms with van der Waals surface area (Å²) in [6, 6.07) is 12.3. The van der Waals surface area contributed by atoms with Gasteiger partial charge in [0.25, 0.3) is 0 Å². The van der Waals surface area contributed by atoms with Gasteiger partial charge in [0, 0.05) is 11.1 Å². The number of nitrogen functional groups attached to an aromatic ring is 1. The lowest BCUT2D eigenvalue weighted by molar-refractivity contribution is -0.154. The van der Waals surface area contributed by atoms with Crippen LogP contribution in [0.25, 0.3) is 16.3 Å². The van der Waals surface area contributed by atoms with E-state index in [0.717, 1.165) is 28.0 Å². The lowest BCUT2D eigenvalue weighted by Gasteiger charge is -2.73. The second-order valence-corrected chi connectivity index (χ2v) is 7.21. The molecule has 3 aliphatic carbocycles. The molecular formula is C20H21N. The standard InChI is InChI=1S/C20H21N/c1-12(19-16-7-9-20(16)10-8-17(19)20)13-5-6-15-14(11-13)3-2-4-18(15)21/h2-6,11,16-17H,7-10,21H2,1H3/i/hD2. The van der Waals surface area contributed by atoms with Crippen molar-refractivity contribution < 1.29 is 2.82 Å². The molecule has 0 saturated heterocycles. The molecule has 1 nitrogen and oxygen atoms in total. The summed E-state index contributed by atoms with van der Waals surface area (Å²) in [6.45, 7) is 2.29. The fraction of sp³-hybridized carbons (Fsp3) is 0.400. The Kier molecular flexibility index (Phi) is 1.77. The first-order valence-electron chi connectivity index (χ1n) is 9.03. The Morgan fingerprint density at radius 2 is 2.00 bits per heavy atom. The maximum absolute atomic E-state index is 7.55. The van der Waals surface area contributed by atoms with E-state index in [1.807, 2.05) is 12.1 Å². The third kappa shape index (κ3) is 1.28. The summed E-state index contributed by atoms with van der Waals surface area (Å²) in [6.07, 6.45) is 5.72. The number of allylic oxidation sites excluding steroid dienone is 2. The first kappa shape index (κ1) is 10.0. The van der Waals surface area contributed by atoms with Crippen LogP contribution in [0.1, 0.15) is 38.2 Å². The predicted octanol–water partition coefficient (Wildman–Crippen LogP) is 5.02. The molecule has 0 radical (unpaired) electrons. The SMILES string of the molecule is [2H]N([2H])c1cccc2cc(C(C)=C3C4CCC45CCC35)ccc12. The van der Waals surface area contributed by atoms with Gasteiger partial charge in [-0.05, 0) is 78.5 Å². The van der Waals surface area contributed by atoms with E-state index in [2.05, 4.69) is 31.2 Å². The smallest absolute Gasteiger partial charge is 0.156 e. The van der Waals surface area contributed by atoms with Crippen LogP contribution in [0, 0.1) is 17.3 Å². The molecule has 3 saturated carbocycles. The van der Waals surface area contributed by atoms with Crippen LogP contribution in [-0.2, 0) is 0 Å². The van der Waals surface area contributed by atoms with Gasteiger partial charge >= 0.3 is 0 Å². The Hall–Kier alpha value is -1.76. The van der Waals surface area contributed by atoms with Crippen LogP contribution in [0.2, 0.25) is 2.82 Å². The van der Waals surface area contributed by atoms with E-state index in [-0.39, 0.29) is 0 Å². The number of rotatable bonds is 2. The van der Waals surface area contributed by atoms with Gasteiger partial charge in [-0.2, -0.15) is 0 Å². The zero-order valence-electron chi connectivity index (χ0n) is 14.4. The number of fused-ring (bicyclic) bond motifs is 1. The van der Waals surface area contributed by atoms with Gasteiger partial charge in [-0.25, -0.2) is 0 Å². The Bertz CT molecular complexity index is 832. The zero-order valence-corrected chi connectivity index (χ0v) is 12.4. The van der Waals surface area contributed by atoms with Gasteiger partial charge in [0.05, 0.1) is 0 Å². The van der Waals surface area contributed by atoms with Crippen molar-refractivity contribution in [2.24, 2.45) is 17.3 Å². The molecule has 2 N–H and O–H groups in total. The minimum absolute atomic E-state index is 0.639. The lowest BCUT2D eigenvalue weighted by Crippen LogP contribution is -2.64. The van der Waals surface area contributed by atoms with Crippen LogP contribution in [0.5, 0.6) is 0 Å². The minimum atomic E-state index is 0.639. The zero-order chi connectivity index (χ0) is 15.8. The second kappa shape index (κ2) is 3.71. The van der Waals surface area contributed by atoms with Crippen LogP contribution >= 0.6 is 0 Å². The maximum atomic E-state index is 7.55. The van der Waals surface area contributed by atoms with Crippen molar-refractivity contribution in [3.8, 4) is 0 Å². The number of hydrogen-bond acceptors (Lipinski definition) is 1. The van der Waals surface area contributed by atoms with Crippen LogP contribution in [-0.4, -0.2) is 0 Å². The monoisotopic (exact) mass is 277 g/mol. The Morgan fingerprint density at radius 1 is 1.19 bits per heavy atom. The van der Waals surface area contributed by atoms with E-state index in [4.69, 9.17) is 2.82 Å². The third-order valence-corrected chi connectivity index (χ3v) is 6.66. The molecule has 3 aliphatic rings. The predicted molar refractivity (Wildman–Crippen MR) is 88.8 cm³/mol. The molecule has 0 heterocycles. The fourth-order valence-corrected chi connectivity index (χ4v) is 5.30. The number of hydrogen-bond donors (Lipinski definition) is 1. The van der Waals surface area contributed by atoms with Crippen molar-refractivity contribution in [1.82, 2.24) is 0 Å². The summed E-state index contributed by atoms with van der Waals surface area (Å²) >= 11 is 0. The number of nitrogens with two attached hydrogens (primary N) is 1. The molecule has 1 spiro atoms. The summed E-state index contributed by atoms with van der Waals surface area (Å²) in [5, 5.41) is 2.10. The van der Waals surface area contributed by atoms with Crippen molar-refractivity contribution in [2.75, 3.05) is 5.72 Å². The van der Waals surface area contributed by atoms with E-state index in [9.17, 15) is 0 Å². The fourth-order valence-electron chi connectivity index (χ4n) is 5.30. The molecule has 106 valence electrons. The van der Waals surface area contributed by atoms with Crippen LogP contribution < -0.4 is 5.72 Å². The summed E-state index contributed by atoms with van der Waals surface area (Å²) in [4.78, 5) is 0. The van der Waals surface area contributed by atoms with Crippen LogP contribution in [0.4, 0.5) is 5.69 Å². The van der Waals surface area contributed by atoms with E-state index in [1.165, 1.54) is 36.8 Å². The lowest BCUT2D eigenvalue weighted by atomic mass is 9.31. The highest BCUT2D eigenvalue weighted by Gasteiger charge is 2.68. The van der Waals surface area contributed by atoms with Crippen molar-refractivity contribution in [2.45, 2.75) is 32.6 Å². The normalized spacial score (nSPS) is 33.7. The van der Waals surface area contributed by atoms with Gasteiger partial charge in [-0.3, -0.25) is 0 Å². The molecule has 0 bridgehead atoms. The molecule has 2 atom stereocenters. The van der Waals surface area contributed by atoms with E-state index in [1.54, 1.807) is 5.57 Å².